The summed E-state index contributed by atoms with van der Waals surface area (Å²) in [6.45, 7) is 1.85. The third-order valence-electron chi connectivity index (χ3n) is 7.12. The van der Waals surface area contributed by atoms with E-state index >= 15 is 4.39 Å². The molecule has 4 rings (SSSR count). The third kappa shape index (κ3) is 5.96. The number of nitrogens with zero attached hydrogens (tertiary/aromatic N) is 3. The summed E-state index contributed by atoms with van der Waals surface area (Å²) >= 11 is 1.69. The van der Waals surface area contributed by atoms with Gasteiger partial charge in [0.1, 0.15) is 11.9 Å². The van der Waals surface area contributed by atoms with E-state index in [2.05, 4.69) is 14.9 Å². The van der Waals surface area contributed by atoms with Gasteiger partial charge < -0.3 is 19.8 Å². The SMILES string of the molecule is COc1ccc2ncc(CO)c([C@@H](F)CCC3(C(=O)O)CCN(CCSc4ccccn4)CC3)c2c1. The number of aliphatic hydroxyl groups is 1. The first-order valence-corrected chi connectivity index (χ1v) is 13.1. The van der Waals surface area contributed by atoms with Gasteiger partial charge in [0, 0.05) is 41.2 Å². The number of likely N-dealkylation sites (tertiary alicyclic amines) is 1. The predicted molar refractivity (Wildman–Crippen MR) is 138 cm³/mol. The highest BCUT2D eigenvalue weighted by Crippen LogP contribution is 2.41. The molecule has 0 unspecified atom stereocenters. The van der Waals surface area contributed by atoms with Gasteiger partial charge in [0.25, 0.3) is 0 Å². The number of methoxy groups -OCH3 is 1. The van der Waals surface area contributed by atoms with Crippen LogP contribution in [0.4, 0.5) is 4.39 Å². The van der Waals surface area contributed by atoms with Crippen molar-refractivity contribution < 1.29 is 24.1 Å². The van der Waals surface area contributed by atoms with Crippen molar-refractivity contribution in [3.63, 3.8) is 0 Å². The lowest BCUT2D eigenvalue weighted by molar-refractivity contribution is -0.153. The lowest BCUT2D eigenvalue weighted by Crippen LogP contribution is -2.45. The molecule has 2 N–H and O–H groups in total. The quantitative estimate of drug-likeness (QED) is 0.350. The Kier molecular flexibility index (Phi) is 8.77. The van der Waals surface area contributed by atoms with Gasteiger partial charge in [-0.1, -0.05) is 6.07 Å². The van der Waals surface area contributed by atoms with Crippen LogP contribution in [0.1, 0.15) is 43.0 Å². The van der Waals surface area contributed by atoms with Crippen LogP contribution < -0.4 is 4.74 Å². The van der Waals surface area contributed by atoms with Gasteiger partial charge in [-0.25, -0.2) is 9.37 Å². The Morgan fingerprint density at radius 3 is 2.72 bits per heavy atom. The van der Waals surface area contributed by atoms with Crippen LogP contribution in [0.3, 0.4) is 0 Å². The zero-order valence-electron chi connectivity index (χ0n) is 20.4. The highest BCUT2D eigenvalue weighted by molar-refractivity contribution is 7.99. The first kappa shape index (κ1) is 26.3. The van der Waals surface area contributed by atoms with Crippen molar-refractivity contribution in [3.05, 3.63) is 59.9 Å². The summed E-state index contributed by atoms with van der Waals surface area (Å²) in [4.78, 5) is 23.3. The second-order valence-electron chi connectivity index (χ2n) is 9.19. The van der Waals surface area contributed by atoms with Crippen LogP contribution in [-0.2, 0) is 11.4 Å². The zero-order valence-corrected chi connectivity index (χ0v) is 21.2. The van der Waals surface area contributed by atoms with Gasteiger partial charge in [-0.3, -0.25) is 9.78 Å². The summed E-state index contributed by atoms with van der Waals surface area (Å²) in [5.41, 5.74) is 0.434. The molecule has 0 radical (unpaired) electrons. The molecule has 0 bridgehead atoms. The molecule has 0 amide bonds. The number of thioether (sulfide) groups is 1. The van der Waals surface area contributed by atoms with E-state index in [-0.39, 0.29) is 19.4 Å². The van der Waals surface area contributed by atoms with Gasteiger partial charge in [0.2, 0.25) is 0 Å². The number of hydrogen-bond acceptors (Lipinski definition) is 7. The Morgan fingerprint density at radius 2 is 2.06 bits per heavy atom. The molecule has 192 valence electrons. The average Bonchev–Trinajstić information content (AvgIpc) is 2.92. The number of ether oxygens (including phenoxy) is 1. The van der Waals surface area contributed by atoms with Crippen LogP contribution in [0.5, 0.6) is 5.75 Å². The molecule has 9 heteroatoms. The molecular formula is C27H32FN3O4S. The van der Waals surface area contributed by atoms with E-state index in [4.69, 9.17) is 4.74 Å². The number of aliphatic hydroxyl groups excluding tert-OH is 1. The average molecular weight is 514 g/mol. The van der Waals surface area contributed by atoms with E-state index in [1.165, 1.54) is 13.3 Å². The van der Waals surface area contributed by atoms with Gasteiger partial charge in [-0.2, -0.15) is 0 Å². The Balaban J connectivity index is 1.40. The van der Waals surface area contributed by atoms with E-state index in [0.717, 1.165) is 17.3 Å². The number of carboxylic acid groups (broad SMARTS) is 1. The minimum Gasteiger partial charge on any atom is -0.497 e. The number of carbonyl (C=O) groups is 1. The summed E-state index contributed by atoms with van der Waals surface area (Å²) in [5, 5.41) is 21.5. The molecular weight excluding hydrogens is 481 g/mol. The molecule has 3 heterocycles. The maximum absolute atomic E-state index is 15.7. The number of alkyl halides is 1. The highest BCUT2D eigenvalue weighted by atomic mass is 32.2. The Labute approximate surface area is 214 Å². The normalized spacial score (nSPS) is 16.6. The van der Waals surface area contributed by atoms with Crippen LogP contribution >= 0.6 is 11.8 Å². The van der Waals surface area contributed by atoms with Crippen LogP contribution in [0.15, 0.2) is 53.8 Å². The largest absolute Gasteiger partial charge is 0.497 e. The third-order valence-corrected chi connectivity index (χ3v) is 8.05. The summed E-state index contributed by atoms with van der Waals surface area (Å²) in [7, 11) is 1.54. The van der Waals surface area contributed by atoms with Gasteiger partial charge in [-0.15, -0.1) is 11.8 Å². The van der Waals surface area contributed by atoms with Crippen LogP contribution in [0.25, 0.3) is 10.9 Å². The number of carboxylic acids is 1. The number of fused-ring (bicyclic) bond motifs is 1. The van der Waals surface area contributed by atoms with Crippen LogP contribution in [0.2, 0.25) is 0 Å². The topological polar surface area (TPSA) is 95.8 Å². The summed E-state index contributed by atoms with van der Waals surface area (Å²) in [5.74, 6) is 0.593. The standard InChI is InChI=1S/C27H32FN3O4S/c1-35-20-5-6-23-21(16-20)25(19(18-32)17-30-23)22(28)7-8-27(26(33)34)9-12-31(13-10-27)14-15-36-24-4-2-3-11-29-24/h2-6,11,16-17,22,32H,7-10,12-15,18H2,1H3,(H,33,34)/t22-/m0/s1. The molecule has 36 heavy (non-hydrogen) atoms. The van der Waals surface area contributed by atoms with E-state index in [1.54, 1.807) is 36.2 Å². The number of piperidine rings is 1. The highest BCUT2D eigenvalue weighted by Gasteiger charge is 2.41. The van der Waals surface area contributed by atoms with Crippen molar-refractivity contribution in [3.8, 4) is 5.75 Å². The van der Waals surface area contributed by atoms with Gasteiger partial charge in [0.15, 0.2) is 0 Å². The molecule has 1 aliphatic heterocycles. The van der Waals surface area contributed by atoms with Gasteiger partial charge in [-0.05, 0) is 69.1 Å². The van der Waals surface area contributed by atoms with E-state index in [1.807, 2.05) is 18.2 Å². The van der Waals surface area contributed by atoms with E-state index < -0.39 is 17.6 Å². The molecule has 7 nitrogen and oxygen atoms in total. The minimum absolute atomic E-state index is 0.0607. The Bertz CT molecular complexity index is 1170. The number of pyridine rings is 2. The molecule has 1 atom stereocenters. The molecule has 1 aliphatic rings. The van der Waals surface area contributed by atoms with Gasteiger partial charge in [0.05, 0.1) is 29.7 Å². The number of rotatable bonds is 11. The monoisotopic (exact) mass is 513 g/mol. The maximum Gasteiger partial charge on any atom is 0.309 e. The molecule has 3 aromatic rings. The van der Waals surface area contributed by atoms with Crippen molar-refractivity contribution in [2.45, 2.75) is 43.5 Å². The summed E-state index contributed by atoms with van der Waals surface area (Å²) in [6.07, 6.45) is 3.11. The predicted octanol–water partition coefficient (Wildman–Crippen LogP) is 4.88. The number of hydrogen-bond donors (Lipinski definition) is 2. The molecule has 1 fully saturated rings. The molecule has 0 aliphatic carbocycles. The second kappa shape index (κ2) is 12.0. The molecule has 0 saturated carbocycles. The second-order valence-corrected chi connectivity index (χ2v) is 10.3. The minimum atomic E-state index is -1.42. The fourth-order valence-electron chi connectivity index (χ4n) is 4.89. The summed E-state index contributed by atoms with van der Waals surface area (Å²) in [6, 6.07) is 11.1. The molecule has 2 aromatic heterocycles. The Morgan fingerprint density at radius 1 is 1.25 bits per heavy atom. The van der Waals surface area contributed by atoms with E-state index in [0.29, 0.717) is 53.7 Å². The van der Waals surface area contributed by atoms with Crippen molar-refractivity contribution in [2.75, 3.05) is 32.5 Å². The first-order chi connectivity index (χ1) is 17.5. The van der Waals surface area contributed by atoms with Crippen molar-refractivity contribution >= 4 is 28.6 Å². The van der Waals surface area contributed by atoms with Crippen LogP contribution in [-0.4, -0.2) is 63.5 Å². The molecule has 1 aromatic carbocycles. The van der Waals surface area contributed by atoms with Crippen molar-refractivity contribution in [1.29, 1.82) is 0 Å². The lowest BCUT2D eigenvalue weighted by atomic mass is 9.74. The zero-order chi connectivity index (χ0) is 25.5. The fraction of sp³-hybridized carbons (Fsp3) is 0.444. The Hall–Kier alpha value is -2.75. The fourth-order valence-corrected chi connectivity index (χ4v) is 5.76. The number of benzene rings is 1. The smallest absolute Gasteiger partial charge is 0.309 e. The first-order valence-electron chi connectivity index (χ1n) is 12.2. The van der Waals surface area contributed by atoms with Crippen molar-refractivity contribution in [2.24, 2.45) is 5.41 Å². The number of aromatic nitrogens is 2. The van der Waals surface area contributed by atoms with E-state index in [9.17, 15) is 15.0 Å². The number of aliphatic carboxylic acids is 1. The molecule has 0 spiro atoms. The summed E-state index contributed by atoms with van der Waals surface area (Å²) < 4.78 is 21.0. The van der Waals surface area contributed by atoms with Crippen LogP contribution in [0, 0.1) is 5.41 Å². The maximum atomic E-state index is 15.7. The van der Waals surface area contributed by atoms with Gasteiger partial charge >= 0.3 is 5.97 Å². The number of halogens is 1. The lowest BCUT2D eigenvalue weighted by Gasteiger charge is -2.39. The molecule has 1 saturated heterocycles. The van der Waals surface area contributed by atoms with Crippen molar-refractivity contribution in [1.82, 2.24) is 14.9 Å².